The summed E-state index contributed by atoms with van der Waals surface area (Å²) in [5.41, 5.74) is 4.02. The van der Waals surface area contributed by atoms with Gasteiger partial charge in [-0.25, -0.2) is 8.42 Å². The van der Waals surface area contributed by atoms with Crippen molar-refractivity contribution in [2.75, 3.05) is 18.4 Å². The predicted molar refractivity (Wildman–Crippen MR) is 107 cm³/mol. The molecule has 2 aromatic carbocycles. The van der Waals surface area contributed by atoms with Crippen LogP contribution in [0.15, 0.2) is 47.4 Å². The lowest BCUT2D eigenvalue weighted by molar-refractivity contribution is -0.120. The zero-order valence-electron chi connectivity index (χ0n) is 16.0. The molecule has 0 radical (unpaired) electrons. The van der Waals surface area contributed by atoms with E-state index < -0.39 is 10.0 Å². The maximum Gasteiger partial charge on any atom is 0.243 e. The summed E-state index contributed by atoms with van der Waals surface area (Å²) in [7, 11) is -3.57. The van der Waals surface area contributed by atoms with E-state index in [4.69, 9.17) is 0 Å². The van der Waals surface area contributed by atoms with Crippen molar-refractivity contribution in [3.8, 4) is 0 Å². The number of aryl methyl sites for hydroxylation is 3. The Balaban J connectivity index is 1.76. The first-order valence-corrected chi connectivity index (χ1v) is 10.7. The molecule has 144 valence electrons. The molecule has 1 aliphatic heterocycles. The van der Waals surface area contributed by atoms with Crippen LogP contribution in [-0.2, 0) is 14.8 Å². The molecule has 1 atom stereocenters. The lowest BCUT2D eigenvalue weighted by Crippen LogP contribution is -2.43. The third-order valence-electron chi connectivity index (χ3n) is 5.06. The zero-order valence-corrected chi connectivity index (χ0v) is 16.8. The van der Waals surface area contributed by atoms with Crippen molar-refractivity contribution in [3.63, 3.8) is 0 Å². The van der Waals surface area contributed by atoms with Gasteiger partial charge in [-0.1, -0.05) is 35.9 Å². The minimum absolute atomic E-state index is 0.113. The van der Waals surface area contributed by atoms with E-state index in [1.165, 1.54) is 4.31 Å². The molecule has 3 rings (SSSR count). The van der Waals surface area contributed by atoms with Crippen LogP contribution in [0.4, 0.5) is 5.69 Å². The van der Waals surface area contributed by atoms with Crippen molar-refractivity contribution < 1.29 is 13.2 Å². The van der Waals surface area contributed by atoms with Crippen molar-refractivity contribution in [2.24, 2.45) is 5.92 Å². The third kappa shape index (κ3) is 4.22. The van der Waals surface area contributed by atoms with Crippen LogP contribution in [0.1, 0.15) is 29.5 Å². The van der Waals surface area contributed by atoms with Gasteiger partial charge in [-0.3, -0.25) is 4.79 Å². The van der Waals surface area contributed by atoms with E-state index in [1.807, 2.05) is 32.9 Å². The molecule has 0 aliphatic carbocycles. The molecule has 0 saturated carbocycles. The second-order valence-electron chi connectivity index (χ2n) is 7.28. The summed E-state index contributed by atoms with van der Waals surface area (Å²) in [6, 6.07) is 12.5. The summed E-state index contributed by atoms with van der Waals surface area (Å²) in [5, 5.41) is 3.03. The van der Waals surface area contributed by atoms with Gasteiger partial charge in [-0.2, -0.15) is 4.31 Å². The van der Waals surface area contributed by atoms with Crippen LogP contribution in [-0.4, -0.2) is 31.7 Å². The topological polar surface area (TPSA) is 66.5 Å². The van der Waals surface area contributed by atoms with Crippen molar-refractivity contribution in [2.45, 2.75) is 38.5 Å². The number of sulfonamides is 1. The molecule has 1 fully saturated rings. The first-order chi connectivity index (χ1) is 12.8. The SMILES string of the molecule is Cc1cc(C)c(NC(=O)C2CCCN(S(=O)(=O)c3ccccc3)C2)c(C)c1. The van der Waals surface area contributed by atoms with Crippen LogP contribution >= 0.6 is 0 Å². The lowest BCUT2D eigenvalue weighted by atomic mass is 9.98. The van der Waals surface area contributed by atoms with Gasteiger partial charge in [0.05, 0.1) is 10.8 Å². The van der Waals surface area contributed by atoms with Gasteiger partial charge in [0, 0.05) is 18.8 Å². The van der Waals surface area contributed by atoms with Gasteiger partial charge in [0.2, 0.25) is 15.9 Å². The minimum Gasteiger partial charge on any atom is -0.325 e. The number of rotatable bonds is 4. The fourth-order valence-corrected chi connectivity index (χ4v) is 5.26. The Hall–Kier alpha value is -2.18. The van der Waals surface area contributed by atoms with Crippen molar-refractivity contribution in [1.82, 2.24) is 4.31 Å². The van der Waals surface area contributed by atoms with Crippen molar-refractivity contribution in [1.29, 1.82) is 0 Å². The Bertz CT molecular complexity index is 916. The van der Waals surface area contributed by atoms with Crippen molar-refractivity contribution in [3.05, 3.63) is 59.2 Å². The Labute approximate surface area is 161 Å². The molecular formula is C21H26N2O3S. The number of anilines is 1. The Morgan fingerprint density at radius 3 is 2.33 bits per heavy atom. The Morgan fingerprint density at radius 2 is 1.70 bits per heavy atom. The van der Waals surface area contributed by atoms with E-state index in [0.717, 1.165) is 22.4 Å². The number of carbonyl (C=O) groups excluding carboxylic acids is 1. The zero-order chi connectivity index (χ0) is 19.6. The van der Waals surface area contributed by atoms with E-state index in [-0.39, 0.29) is 23.3 Å². The number of hydrogen-bond donors (Lipinski definition) is 1. The summed E-state index contributed by atoms with van der Waals surface area (Å²) < 4.78 is 27.1. The number of carbonyl (C=O) groups is 1. The summed E-state index contributed by atoms with van der Waals surface area (Å²) >= 11 is 0. The van der Waals surface area contributed by atoms with E-state index in [0.29, 0.717) is 19.4 Å². The van der Waals surface area contributed by atoms with E-state index in [9.17, 15) is 13.2 Å². The standard InChI is InChI=1S/C21H26N2O3S/c1-15-12-16(2)20(17(3)13-15)22-21(24)18-8-7-11-23(14-18)27(25,26)19-9-5-4-6-10-19/h4-6,9-10,12-13,18H,7-8,11,14H2,1-3H3,(H,22,24). The molecule has 1 aliphatic rings. The molecular weight excluding hydrogens is 360 g/mol. The highest BCUT2D eigenvalue weighted by Gasteiger charge is 2.33. The van der Waals surface area contributed by atoms with Gasteiger partial charge < -0.3 is 5.32 Å². The highest BCUT2D eigenvalue weighted by atomic mass is 32.2. The largest absolute Gasteiger partial charge is 0.325 e. The fraction of sp³-hybridized carbons (Fsp3) is 0.381. The molecule has 6 heteroatoms. The highest BCUT2D eigenvalue weighted by molar-refractivity contribution is 7.89. The lowest BCUT2D eigenvalue weighted by Gasteiger charge is -2.31. The van der Waals surface area contributed by atoms with Gasteiger partial charge in [0.15, 0.2) is 0 Å². The van der Waals surface area contributed by atoms with Crippen LogP contribution in [0.5, 0.6) is 0 Å². The molecule has 1 saturated heterocycles. The average Bonchev–Trinajstić information content (AvgIpc) is 2.65. The van der Waals surface area contributed by atoms with E-state index in [2.05, 4.69) is 5.32 Å². The number of nitrogens with zero attached hydrogens (tertiary/aromatic N) is 1. The normalized spacial score (nSPS) is 18.3. The van der Waals surface area contributed by atoms with Gasteiger partial charge in [-0.05, 0) is 56.9 Å². The maximum atomic E-state index is 12.9. The van der Waals surface area contributed by atoms with Crippen LogP contribution in [0, 0.1) is 26.7 Å². The second kappa shape index (κ2) is 7.82. The molecule has 0 spiro atoms. The molecule has 0 bridgehead atoms. The van der Waals surface area contributed by atoms with Gasteiger partial charge in [0.25, 0.3) is 0 Å². The molecule has 1 amide bonds. The molecule has 5 nitrogen and oxygen atoms in total. The monoisotopic (exact) mass is 386 g/mol. The summed E-state index contributed by atoms with van der Waals surface area (Å²) in [5.74, 6) is -0.463. The second-order valence-corrected chi connectivity index (χ2v) is 9.22. The Morgan fingerprint density at radius 1 is 1.07 bits per heavy atom. The molecule has 0 aromatic heterocycles. The quantitative estimate of drug-likeness (QED) is 0.872. The molecule has 1 unspecified atom stereocenters. The first kappa shape index (κ1) is 19.6. The molecule has 1 heterocycles. The van der Waals surface area contributed by atoms with Gasteiger partial charge >= 0.3 is 0 Å². The molecule has 2 aromatic rings. The number of amides is 1. The number of hydrogen-bond acceptors (Lipinski definition) is 3. The maximum absolute atomic E-state index is 12.9. The number of benzene rings is 2. The van der Waals surface area contributed by atoms with Crippen LogP contribution in [0.3, 0.4) is 0 Å². The highest BCUT2D eigenvalue weighted by Crippen LogP contribution is 2.27. The van der Waals surface area contributed by atoms with Crippen LogP contribution in [0.2, 0.25) is 0 Å². The van der Waals surface area contributed by atoms with Gasteiger partial charge in [0.1, 0.15) is 0 Å². The summed E-state index contributed by atoms with van der Waals surface area (Å²) in [6.07, 6.45) is 1.37. The van der Waals surface area contributed by atoms with E-state index >= 15 is 0 Å². The third-order valence-corrected chi connectivity index (χ3v) is 6.94. The first-order valence-electron chi connectivity index (χ1n) is 9.23. The average molecular weight is 387 g/mol. The number of nitrogens with one attached hydrogen (secondary N) is 1. The smallest absolute Gasteiger partial charge is 0.243 e. The van der Waals surface area contributed by atoms with Crippen molar-refractivity contribution >= 4 is 21.6 Å². The number of piperidine rings is 1. The summed E-state index contributed by atoms with van der Waals surface area (Å²) in [4.78, 5) is 13.1. The van der Waals surface area contributed by atoms with Crippen LogP contribution < -0.4 is 5.32 Å². The predicted octanol–water partition coefficient (Wildman–Crippen LogP) is 3.65. The summed E-state index contributed by atoms with van der Waals surface area (Å²) in [6.45, 7) is 6.64. The van der Waals surface area contributed by atoms with E-state index in [1.54, 1.807) is 30.3 Å². The Kier molecular flexibility index (Phi) is 5.67. The molecule has 1 N–H and O–H groups in total. The van der Waals surface area contributed by atoms with Crippen LogP contribution in [0.25, 0.3) is 0 Å². The minimum atomic E-state index is -3.57. The fourth-order valence-electron chi connectivity index (χ4n) is 3.72. The van der Waals surface area contributed by atoms with Gasteiger partial charge in [-0.15, -0.1) is 0 Å². The molecule has 27 heavy (non-hydrogen) atoms.